The molecule has 0 aliphatic heterocycles. The molecule has 74 valence electrons. The zero-order valence-electron chi connectivity index (χ0n) is 6.80. The van der Waals surface area contributed by atoms with Gasteiger partial charge in [0.15, 0.2) is 0 Å². The van der Waals surface area contributed by atoms with Crippen LogP contribution in [0.5, 0.6) is 5.75 Å². The fourth-order valence-corrected chi connectivity index (χ4v) is 0.975. The van der Waals surface area contributed by atoms with Gasteiger partial charge in [0.25, 0.3) is 10.9 Å². The van der Waals surface area contributed by atoms with Gasteiger partial charge >= 0.3 is 0 Å². The van der Waals surface area contributed by atoms with Crippen molar-refractivity contribution in [2.75, 3.05) is 5.32 Å². The van der Waals surface area contributed by atoms with Crippen LogP contribution < -0.4 is 5.32 Å². The van der Waals surface area contributed by atoms with Crippen molar-refractivity contribution in [1.82, 2.24) is 0 Å². The molecule has 0 saturated heterocycles. The standard InChI is InChI=1S/C7H6N2O4S/c10-6-3-4(9(12)13)1-2-5(6)8-7(11)14/h1-3,10H,(H2,8,11,14). The molecule has 0 bridgehead atoms. The second kappa shape index (κ2) is 3.97. The Balaban J connectivity index is 3.01. The first-order valence-electron chi connectivity index (χ1n) is 3.48. The predicted molar refractivity (Wildman–Crippen MR) is 52.8 cm³/mol. The van der Waals surface area contributed by atoms with Gasteiger partial charge in [-0.2, -0.15) is 0 Å². The molecule has 1 aromatic rings. The quantitative estimate of drug-likeness (QED) is 0.302. The van der Waals surface area contributed by atoms with Gasteiger partial charge in [-0.25, -0.2) is 0 Å². The van der Waals surface area contributed by atoms with Gasteiger partial charge in [-0.1, -0.05) is 12.6 Å². The molecule has 0 atom stereocenters. The first kappa shape index (κ1) is 10.3. The summed E-state index contributed by atoms with van der Waals surface area (Å²) >= 11 is 3.43. The molecule has 0 spiro atoms. The van der Waals surface area contributed by atoms with Gasteiger partial charge in [-0.05, 0) is 6.07 Å². The van der Waals surface area contributed by atoms with E-state index < -0.39 is 10.2 Å². The Morgan fingerprint density at radius 3 is 2.64 bits per heavy atom. The smallest absolute Gasteiger partial charge is 0.280 e. The van der Waals surface area contributed by atoms with Crippen LogP contribution >= 0.6 is 12.6 Å². The molecule has 0 fully saturated rings. The van der Waals surface area contributed by atoms with Gasteiger partial charge in [-0.15, -0.1) is 0 Å². The summed E-state index contributed by atoms with van der Waals surface area (Å²) in [5.74, 6) is -0.374. The molecule has 6 nitrogen and oxygen atoms in total. The van der Waals surface area contributed by atoms with Crippen LogP contribution in [0.3, 0.4) is 0 Å². The maximum atomic E-state index is 10.5. The summed E-state index contributed by atoms with van der Waals surface area (Å²) in [7, 11) is 0. The van der Waals surface area contributed by atoms with Gasteiger partial charge in [0.1, 0.15) is 5.75 Å². The SMILES string of the molecule is O=C(S)Nc1ccc([N+](=O)[O-])cc1O. The van der Waals surface area contributed by atoms with E-state index in [2.05, 4.69) is 17.9 Å². The highest BCUT2D eigenvalue weighted by molar-refractivity contribution is 7.96. The highest BCUT2D eigenvalue weighted by Crippen LogP contribution is 2.27. The highest BCUT2D eigenvalue weighted by Gasteiger charge is 2.10. The maximum Gasteiger partial charge on any atom is 0.280 e. The molecule has 7 heteroatoms. The second-order valence-corrected chi connectivity index (χ2v) is 2.79. The Labute approximate surface area is 84.1 Å². The normalized spacial score (nSPS) is 9.50. The molecule has 1 amide bonds. The summed E-state index contributed by atoms with van der Waals surface area (Å²) in [6, 6.07) is 3.33. The van der Waals surface area contributed by atoms with Crippen molar-refractivity contribution in [3.8, 4) is 5.75 Å². The molecular weight excluding hydrogens is 208 g/mol. The van der Waals surface area contributed by atoms with Crippen molar-refractivity contribution < 1.29 is 14.8 Å². The number of hydrogen-bond acceptors (Lipinski definition) is 4. The number of nitro benzene ring substituents is 1. The molecular formula is C7H6N2O4S. The molecule has 0 unspecified atom stereocenters. The van der Waals surface area contributed by atoms with Gasteiger partial charge in [0, 0.05) is 6.07 Å². The van der Waals surface area contributed by atoms with Gasteiger partial charge in [0.2, 0.25) is 0 Å². The Kier molecular flexibility index (Phi) is 2.92. The molecule has 1 aromatic carbocycles. The Morgan fingerprint density at radius 1 is 1.57 bits per heavy atom. The molecule has 0 radical (unpaired) electrons. The Hall–Kier alpha value is -1.76. The number of nitro groups is 1. The number of carbonyl (C=O) groups excluding carboxylic acids is 1. The van der Waals surface area contributed by atoms with Crippen LogP contribution in [-0.4, -0.2) is 15.3 Å². The summed E-state index contributed by atoms with van der Waals surface area (Å²) in [6.07, 6.45) is 0. The number of hydrogen-bond donors (Lipinski definition) is 3. The lowest BCUT2D eigenvalue weighted by atomic mass is 10.2. The monoisotopic (exact) mass is 214 g/mol. The highest BCUT2D eigenvalue weighted by atomic mass is 32.1. The molecule has 14 heavy (non-hydrogen) atoms. The molecule has 0 aliphatic rings. The van der Waals surface area contributed by atoms with Crippen LogP contribution in [0.25, 0.3) is 0 Å². The van der Waals surface area contributed by atoms with Crippen LogP contribution in [0, 0.1) is 10.1 Å². The lowest BCUT2D eigenvalue weighted by Crippen LogP contribution is -2.01. The number of nitrogens with one attached hydrogen (secondary N) is 1. The van der Waals surface area contributed by atoms with E-state index >= 15 is 0 Å². The third-order valence-electron chi connectivity index (χ3n) is 1.43. The molecule has 2 N–H and O–H groups in total. The van der Waals surface area contributed by atoms with Crippen molar-refractivity contribution in [3.63, 3.8) is 0 Å². The van der Waals surface area contributed by atoms with Crippen molar-refractivity contribution in [2.45, 2.75) is 0 Å². The third kappa shape index (κ3) is 2.36. The summed E-state index contributed by atoms with van der Waals surface area (Å²) in [5.41, 5.74) is -0.171. The number of anilines is 1. The minimum atomic E-state index is -0.658. The number of carbonyl (C=O) groups is 1. The van der Waals surface area contributed by atoms with Crippen molar-refractivity contribution in [1.29, 1.82) is 0 Å². The van der Waals surface area contributed by atoms with E-state index in [9.17, 15) is 20.0 Å². The average Bonchev–Trinajstić information content (AvgIpc) is 2.07. The lowest BCUT2D eigenvalue weighted by molar-refractivity contribution is -0.384. The van der Waals surface area contributed by atoms with E-state index in [4.69, 9.17) is 0 Å². The van der Waals surface area contributed by atoms with Crippen LogP contribution in [0.4, 0.5) is 16.2 Å². The van der Waals surface area contributed by atoms with Crippen LogP contribution in [0.2, 0.25) is 0 Å². The largest absolute Gasteiger partial charge is 0.506 e. The number of nitrogens with zero attached hydrogens (tertiary/aromatic N) is 1. The van der Waals surface area contributed by atoms with Gasteiger partial charge in [0.05, 0.1) is 16.7 Å². The number of phenols is 1. The van der Waals surface area contributed by atoms with Crippen LogP contribution in [-0.2, 0) is 0 Å². The number of thiol groups is 1. The minimum absolute atomic E-state index is 0.0793. The number of amides is 1. The van der Waals surface area contributed by atoms with Crippen molar-refractivity contribution in [3.05, 3.63) is 28.3 Å². The van der Waals surface area contributed by atoms with E-state index in [1.54, 1.807) is 0 Å². The van der Waals surface area contributed by atoms with E-state index in [1.807, 2.05) is 0 Å². The van der Waals surface area contributed by atoms with Crippen LogP contribution in [0.15, 0.2) is 18.2 Å². The number of aromatic hydroxyl groups is 1. The summed E-state index contributed by atoms with van der Waals surface area (Å²) in [4.78, 5) is 20.1. The molecule has 0 aromatic heterocycles. The van der Waals surface area contributed by atoms with Gasteiger partial charge in [-0.3, -0.25) is 14.9 Å². The second-order valence-electron chi connectivity index (χ2n) is 2.39. The van der Waals surface area contributed by atoms with Crippen molar-refractivity contribution in [2.24, 2.45) is 0 Å². The number of benzene rings is 1. The predicted octanol–water partition coefficient (Wildman–Crippen LogP) is 1.76. The maximum absolute atomic E-state index is 10.5. The van der Waals surface area contributed by atoms with Crippen LogP contribution in [0.1, 0.15) is 0 Å². The fraction of sp³-hybridized carbons (Fsp3) is 0. The third-order valence-corrected chi connectivity index (χ3v) is 1.55. The van der Waals surface area contributed by atoms with E-state index in [-0.39, 0.29) is 17.1 Å². The minimum Gasteiger partial charge on any atom is -0.506 e. The zero-order chi connectivity index (χ0) is 10.7. The number of rotatable bonds is 2. The first-order chi connectivity index (χ1) is 6.50. The first-order valence-corrected chi connectivity index (χ1v) is 3.93. The number of non-ortho nitro benzene ring substituents is 1. The van der Waals surface area contributed by atoms with E-state index in [0.29, 0.717) is 0 Å². The summed E-state index contributed by atoms with van der Waals surface area (Å²) in [5, 5.41) is 21.0. The molecule has 1 rings (SSSR count). The molecule has 0 saturated carbocycles. The lowest BCUT2D eigenvalue weighted by Gasteiger charge is -2.03. The molecule has 0 heterocycles. The topological polar surface area (TPSA) is 92.5 Å². The van der Waals surface area contributed by atoms with Gasteiger partial charge < -0.3 is 10.4 Å². The van der Waals surface area contributed by atoms with E-state index in [1.165, 1.54) is 12.1 Å². The summed E-state index contributed by atoms with van der Waals surface area (Å²) in [6.45, 7) is 0. The number of phenolic OH excluding ortho intramolecular Hbond substituents is 1. The Morgan fingerprint density at radius 2 is 2.21 bits per heavy atom. The van der Waals surface area contributed by atoms with Crippen molar-refractivity contribution >= 4 is 29.2 Å². The fourth-order valence-electron chi connectivity index (χ4n) is 0.855. The van der Waals surface area contributed by atoms with E-state index in [0.717, 1.165) is 6.07 Å². The Bertz CT molecular complexity index is 393. The molecule has 0 aliphatic carbocycles. The summed E-state index contributed by atoms with van der Waals surface area (Å²) < 4.78 is 0. The average molecular weight is 214 g/mol. The zero-order valence-corrected chi connectivity index (χ0v) is 7.69.